The van der Waals surface area contributed by atoms with Gasteiger partial charge in [-0.05, 0) is 29.8 Å². The number of hydrogen-bond acceptors (Lipinski definition) is 7. The lowest BCUT2D eigenvalue weighted by Crippen LogP contribution is -2.50. The first-order valence-corrected chi connectivity index (χ1v) is 10.9. The first-order chi connectivity index (χ1) is 16.2. The van der Waals surface area contributed by atoms with Crippen LogP contribution in [0.15, 0.2) is 61.1 Å². The number of halogens is 1. The largest absolute Gasteiger partial charge is 0.454 e. The van der Waals surface area contributed by atoms with Gasteiger partial charge in [0.1, 0.15) is 11.5 Å². The molecule has 170 valence electrons. The van der Waals surface area contributed by atoms with Crippen LogP contribution < -0.4 is 19.7 Å². The first kappa shape index (κ1) is 21.1. The highest BCUT2D eigenvalue weighted by molar-refractivity contribution is 5.91. The highest BCUT2D eigenvalue weighted by atomic mass is 19.1. The Morgan fingerprint density at radius 3 is 2.67 bits per heavy atom. The second kappa shape index (κ2) is 9.41. The lowest BCUT2D eigenvalue weighted by atomic mass is 10.0. The molecule has 1 amide bonds. The Morgan fingerprint density at radius 2 is 1.88 bits per heavy atom. The third-order valence-electron chi connectivity index (χ3n) is 5.98. The summed E-state index contributed by atoms with van der Waals surface area (Å²) in [4.78, 5) is 25.0. The number of nitrogens with one attached hydrogen (secondary N) is 1. The SMILES string of the molecule is O=C(NC[C@@H](c1ccc2c(c1)OCO2)N1CCN(c2ccccc2F)CC1)c1cnccn1. The number of hydrogen-bond donors (Lipinski definition) is 1. The fourth-order valence-corrected chi connectivity index (χ4v) is 4.26. The fourth-order valence-electron chi connectivity index (χ4n) is 4.26. The van der Waals surface area contributed by atoms with Crippen molar-refractivity contribution in [2.75, 3.05) is 44.4 Å². The molecule has 2 aromatic carbocycles. The average molecular weight is 449 g/mol. The number of piperazine rings is 1. The number of amides is 1. The lowest BCUT2D eigenvalue weighted by Gasteiger charge is -2.40. The number of carbonyl (C=O) groups excluding carboxylic acids is 1. The van der Waals surface area contributed by atoms with E-state index in [0.717, 1.165) is 5.56 Å². The summed E-state index contributed by atoms with van der Waals surface area (Å²) in [5.74, 6) is 0.918. The van der Waals surface area contributed by atoms with Crippen molar-refractivity contribution in [1.82, 2.24) is 20.2 Å². The molecule has 0 bridgehead atoms. The Morgan fingerprint density at radius 1 is 1.06 bits per heavy atom. The van der Waals surface area contributed by atoms with Gasteiger partial charge in [0, 0.05) is 45.1 Å². The van der Waals surface area contributed by atoms with Crippen LogP contribution in [-0.2, 0) is 0 Å². The quantitative estimate of drug-likeness (QED) is 0.620. The summed E-state index contributed by atoms with van der Waals surface area (Å²) >= 11 is 0. The molecule has 8 nitrogen and oxygen atoms in total. The Balaban J connectivity index is 1.33. The first-order valence-electron chi connectivity index (χ1n) is 10.9. The highest BCUT2D eigenvalue weighted by Gasteiger charge is 2.28. The molecular weight excluding hydrogens is 425 g/mol. The molecule has 3 aromatic rings. The van der Waals surface area contributed by atoms with Crippen LogP contribution in [0.1, 0.15) is 22.1 Å². The molecule has 0 radical (unpaired) electrons. The number of rotatable bonds is 6. The van der Waals surface area contributed by atoms with Crippen molar-refractivity contribution in [2.24, 2.45) is 0 Å². The number of ether oxygens (including phenoxy) is 2. The topological polar surface area (TPSA) is 79.8 Å². The number of nitrogens with zero attached hydrogens (tertiary/aromatic N) is 4. The van der Waals surface area contributed by atoms with E-state index in [1.54, 1.807) is 12.1 Å². The third-order valence-corrected chi connectivity index (χ3v) is 5.98. The monoisotopic (exact) mass is 449 g/mol. The second-order valence-corrected chi connectivity index (χ2v) is 7.90. The van der Waals surface area contributed by atoms with E-state index >= 15 is 0 Å². The molecule has 3 heterocycles. The molecule has 0 aliphatic carbocycles. The van der Waals surface area contributed by atoms with E-state index in [1.807, 2.05) is 24.3 Å². The van der Waals surface area contributed by atoms with E-state index < -0.39 is 0 Å². The summed E-state index contributed by atoms with van der Waals surface area (Å²) in [6.07, 6.45) is 4.46. The number of para-hydroxylation sites is 1. The van der Waals surface area contributed by atoms with Crippen LogP contribution in [0.25, 0.3) is 0 Å². The number of carbonyl (C=O) groups is 1. The summed E-state index contributed by atoms with van der Waals surface area (Å²) in [6, 6.07) is 12.6. The predicted octanol–water partition coefficient (Wildman–Crippen LogP) is 2.64. The van der Waals surface area contributed by atoms with E-state index in [4.69, 9.17) is 9.47 Å². The van der Waals surface area contributed by atoms with Crippen LogP contribution in [0.5, 0.6) is 11.5 Å². The summed E-state index contributed by atoms with van der Waals surface area (Å²) in [6.45, 7) is 3.38. The smallest absolute Gasteiger partial charge is 0.271 e. The van der Waals surface area contributed by atoms with E-state index in [9.17, 15) is 9.18 Å². The van der Waals surface area contributed by atoms with Crippen molar-refractivity contribution in [3.05, 3.63) is 78.1 Å². The maximum absolute atomic E-state index is 14.3. The van der Waals surface area contributed by atoms with Gasteiger partial charge in [0.15, 0.2) is 11.5 Å². The maximum atomic E-state index is 14.3. The Hall–Kier alpha value is -3.72. The van der Waals surface area contributed by atoms with E-state index in [0.29, 0.717) is 49.9 Å². The summed E-state index contributed by atoms with van der Waals surface area (Å²) < 4.78 is 25.3. The van der Waals surface area contributed by atoms with Gasteiger partial charge in [0.2, 0.25) is 6.79 Å². The molecule has 2 aliphatic heterocycles. The van der Waals surface area contributed by atoms with Gasteiger partial charge < -0.3 is 19.7 Å². The van der Waals surface area contributed by atoms with Gasteiger partial charge in [-0.3, -0.25) is 14.7 Å². The lowest BCUT2D eigenvalue weighted by molar-refractivity contribution is 0.0924. The van der Waals surface area contributed by atoms with Gasteiger partial charge >= 0.3 is 0 Å². The minimum Gasteiger partial charge on any atom is -0.454 e. The minimum absolute atomic E-state index is 0.0945. The summed E-state index contributed by atoms with van der Waals surface area (Å²) in [5, 5.41) is 2.99. The molecule has 0 unspecified atom stereocenters. The van der Waals surface area contributed by atoms with E-state index in [1.165, 1.54) is 24.7 Å². The van der Waals surface area contributed by atoms with Crippen LogP contribution >= 0.6 is 0 Å². The molecule has 1 saturated heterocycles. The van der Waals surface area contributed by atoms with Gasteiger partial charge in [0.05, 0.1) is 17.9 Å². The number of fused-ring (bicyclic) bond motifs is 1. The molecule has 1 fully saturated rings. The summed E-state index contributed by atoms with van der Waals surface area (Å²) in [7, 11) is 0. The predicted molar refractivity (Wildman–Crippen MR) is 120 cm³/mol. The average Bonchev–Trinajstić information content (AvgIpc) is 3.33. The van der Waals surface area contributed by atoms with Crippen LogP contribution in [0, 0.1) is 5.82 Å². The van der Waals surface area contributed by atoms with Crippen LogP contribution in [0.4, 0.5) is 10.1 Å². The zero-order valence-electron chi connectivity index (χ0n) is 18.0. The zero-order chi connectivity index (χ0) is 22.6. The van der Waals surface area contributed by atoms with Crippen molar-refractivity contribution >= 4 is 11.6 Å². The van der Waals surface area contributed by atoms with Crippen LogP contribution in [0.3, 0.4) is 0 Å². The van der Waals surface area contributed by atoms with Crippen molar-refractivity contribution in [3.63, 3.8) is 0 Å². The molecule has 1 N–H and O–H groups in total. The van der Waals surface area contributed by atoms with Gasteiger partial charge in [-0.1, -0.05) is 18.2 Å². The number of anilines is 1. The molecule has 0 saturated carbocycles. The van der Waals surface area contributed by atoms with Crippen molar-refractivity contribution in [3.8, 4) is 11.5 Å². The number of aromatic nitrogens is 2. The van der Waals surface area contributed by atoms with Crippen molar-refractivity contribution in [1.29, 1.82) is 0 Å². The number of benzene rings is 2. The molecule has 1 atom stereocenters. The molecular formula is C24H24FN5O3. The highest BCUT2D eigenvalue weighted by Crippen LogP contribution is 2.36. The molecule has 2 aliphatic rings. The zero-order valence-corrected chi connectivity index (χ0v) is 18.0. The minimum atomic E-state index is -0.279. The molecule has 5 rings (SSSR count). The molecule has 0 spiro atoms. The van der Waals surface area contributed by atoms with Gasteiger partial charge in [0.25, 0.3) is 5.91 Å². The second-order valence-electron chi connectivity index (χ2n) is 7.90. The Bertz CT molecular complexity index is 1120. The van der Waals surface area contributed by atoms with E-state index in [2.05, 4.69) is 25.1 Å². The molecule has 33 heavy (non-hydrogen) atoms. The van der Waals surface area contributed by atoms with Crippen molar-refractivity contribution in [2.45, 2.75) is 6.04 Å². The van der Waals surface area contributed by atoms with Crippen LogP contribution in [0.2, 0.25) is 0 Å². The van der Waals surface area contributed by atoms with Gasteiger partial charge in [-0.25, -0.2) is 9.37 Å². The fraction of sp³-hybridized carbons (Fsp3) is 0.292. The Kier molecular flexibility index (Phi) is 6.03. The van der Waals surface area contributed by atoms with Crippen molar-refractivity contribution < 1.29 is 18.7 Å². The third kappa shape index (κ3) is 4.58. The van der Waals surface area contributed by atoms with E-state index in [-0.39, 0.29) is 30.3 Å². The Labute approximate surface area is 191 Å². The maximum Gasteiger partial charge on any atom is 0.271 e. The molecule has 1 aromatic heterocycles. The summed E-state index contributed by atoms with van der Waals surface area (Å²) in [5.41, 5.74) is 1.90. The van der Waals surface area contributed by atoms with Gasteiger partial charge in [-0.15, -0.1) is 0 Å². The standard InChI is InChI=1S/C24H24FN5O3/c25-18-3-1-2-4-20(18)29-9-11-30(12-10-29)21(15-28-24(31)19-14-26-7-8-27-19)17-5-6-22-23(13-17)33-16-32-22/h1-8,13-14,21H,9-12,15-16H2,(H,28,31)/t21-/m0/s1. The van der Waals surface area contributed by atoms with Gasteiger partial charge in [-0.2, -0.15) is 0 Å². The van der Waals surface area contributed by atoms with Crippen LogP contribution in [-0.4, -0.2) is 60.3 Å². The normalized spacial score (nSPS) is 16.5. The molecule has 9 heteroatoms.